The number of rotatable bonds is 6. The van der Waals surface area contributed by atoms with Crippen LogP contribution < -0.4 is 10.5 Å². The summed E-state index contributed by atoms with van der Waals surface area (Å²) in [7, 11) is 1.62. The minimum Gasteiger partial charge on any atom is -0.497 e. The molecule has 1 heterocycles. The zero-order valence-corrected chi connectivity index (χ0v) is 11.1. The van der Waals surface area contributed by atoms with Crippen LogP contribution in [0.3, 0.4) is 0 Å². The number of thioether (sulfide) groups is 1. The maximum atomic E-state index is 10.6. The third-order valence-corrected chi connectivity index (χ3v) is 3.14. The van der Waals surface area contributed by atoms with Crippen LogP contribution in [0, 0.1) is 0 Å². The maximum absolute atomic E-state index is 10.6. The fourth-order valence-corrected chi connectivity index (χ4v) is 1.94. The lowest BCUT2D eigenvalue weighted by molar-refractivity contribution is -0.115. The number of benzene rings is 1. The highest BCUT2D eigenvalue weighted by molar-refractivity contribution is 7.99. The van der Waals surface area contributed by atoms with Crippen LogP contribution in [-0.4, -0.2) is 29.0 Å². The molecular weight excluding hydrogens is 266 g/mol. The molecule has 0 spiro atoms. The van der Waals surface area contributed by atoms with Crippen molar-refractivity contribution in [3.05, 3.63) is 35.7 Å². The molecule has 0 bridgehead atoms. The third kappa shape index (κ3) is 3.99. The number of nitrogens with two attached hydrogens (primary N) is 1. The molecule has 1 amide bonds. The second kappa shape index (κ2) is 6.24. The van der Waals surface area contributed by atoms with Crippen molar-refractivity contribution in [3.8, 4) is 5.75 Å². The number of amides is 1. The van der Waals surface area contributed by atoms with Crippen LogP contribution in [0.25, 0.3) is 0 Å². The predicted molar refractivity (Wildman–Crippen MR) is 70.0 cm³/mol. The van der Waals surface area contributed by atoms with Crippen LogP contribution in [0.2, 0.25) is 0 Å². The lowest BCUT2D eigenvalue weighted by atomic mass is 10.1. The van der Waals surface area contributed by atoms with E-state index in [1.54, 1.807) is 7.11 Å². The second-order valence-corrected chi connectivity index (χ2v) is 4.67. The van der Waals surface area contributed by atoms with E-state index in [1.807, 2.05) is 24.3 Å². The van der Waals surface area contributed by atoms with Crippen molar-refractivity contribution < 1.29 is 13.9 Å². The molecule has 0 fully saturated rings. The van der Waals surface area contributed by atoms with Crippen molar-refractivity contribution in [1.82, 2.24) is 10.2 Å². The number of methoxy groups -OCH3 is 1. The van der Waals surface area contributed by atoms with E-state index in [0.29, 0.717) is 17.5 Å². The number of ether oxygens (including phenoxy) is 1. The summed E-state index contributed by atoms with van der Waals surface area (Å²) in [6.45, 7) is 0. The molecule has 19 heavy (non-hydrogen) atoms. The number of carbonyl (C=O) groups excluding carboxylic acids is 1. The van der Waals surface area contributed by atoms with Gasteiger partial charge in [-0.15, -0.1) is 10.2 Å². The Morgan fingerprint density at radius 3 is 2.74 bits per heavy atom. The molecule has 6 nitrogen and oxygen atoms in total. The Hall–Kier alpha value is -2.02. The Balaban J connectivity index is 1.96. The van der Waals surface area contributed by atoms with Crippen LogP contribution in [-0.2, 0) is 11.2 Å². The van der Waals surface area contributed by atoms with Gasteiger partial charge in [0.25, 0.3) is 5.22 Å². The molecule has 0 radical (unpaired) electrons. The topological polar surface area (TPSA) is 91.2 Å². The lowest BCUT2D eigenvalue weighted by Gasteiger charge is -2.00. The standard InChI is InChI=1S/C12H13N3O3S/c1-17-9-4-2-8(3-5-9)6-11-14-15-12(18-11)19-7-10(13)16/h2-5H,6-7H2,1H3,(H2,13,16). The van der Waals surface area contributed by atoms with Gasteiger partial charge in [-0.1, -0.05) is 23.9 Å². The summed E-state index contributed by atoms with van der Waals surface area (Å²) in [4.78, 5) is 10.6. The Kier molecular flexibility index (Phi) is 4.40. The number of carbonyl (C=O) groups is 1. The molecule has 2 N–H and O–H groups in total. The van der Waals surface area contributed by atoms with Gasteiger partial charge in [-0.2, -0.15) is 0 Å². The summed E-state index contributed by atoms with van der Waals surface area (Å²) < 4.78 is 10.5. The summed E-state index contributed by atoms with van der Waals surface area (Å²) in [5.74, 6) is 1.01. The minimum absolute atomic E-state index is 0.129. The van der Waals surface area contributed by atoms with Crippen LogP contribution >= 0.6 is 11.8 Å². The number of hydrogen-bond donors (Lipinski definition) is 1. The first-order valence-electron chi connectivity index (χ1n) is 5.54. The number of hydrogen-bond acceptors (Lipinski definition) is 6. The highest BCUT2D eigenvalue weighted by atomic mass is 32.2. The molecule has 0 saturated carbocycles. The van der Waals surface area contributed by atoms with E-state index in [9.17, 15) is 4.79 Å². The highest BCUT2D eigenvalue weighted by Crippen LogP contribution is 2.18. The van der Waals surface area contributed by atoms with E-state index < -0.39 is 5.91 Å². The van der Waals surface area contributed by atoms with Crippen LogP contribution in [0.4, 0.5) is 0 Å². The largest absolute Gasteiger partial charge is 0.497 e. The van der Waals surface area contributed by atoms with Gasteiger partial charge in [0, 0.05) is 0 Å². The molecule has 1 aromatic carbocycles. The molecule has 7 heteroatoms. The molecule has 1 aromatic heterocycles. The fraction of sp³-hybridized carbons (Fsp3) is 0.250. The number of primary amides is 1. The molecule has 0 aliphatic rings. The Bertz CT molecular complexity index is 554. The van der Waals surface area contributed by atoms with Crippen molar-refractivity contribution in [2.75, 3.05) is 12.9 Å². The molecule has 100 valence electrons. The average molecular weight is 279 g/mol. The van der Waals surface area contributed by atoms with Crippen molar-refractivity contribution in [2.24, 2.45) is 5.73 Å². The van der Waals surface area contributed by atoms with E-state index in [-0.39, 0.29) is 5.75 Å². The van der Waals surface area contributed by atoms with Gasteiger partial charge in [-0.25, -0.2) is 0 Å². The summed E-state index contributed by atoms with van der Waals surface area (Å²) in [6.07, 6.45) is 0.536. The van der Waals surface area contributed by atoms with Crippen LogP contribution in [0.1, 0.15) is 11.5 Å². The predicted octanol–water partition coefficient (Wildman–Crippen LogP) is 1.25. The smallest absolute Gasteiger partial charge is 0.277 e. The van der Waals surface area contributed by atoms with E-state index in [2.05, 4.69) is 10.2 Å². The van der Waals surface area contributed by atoms with Crippen LogP contribution in [0.5, 0.6) is 5.75 Å². The molecule has 2 aromatic rings. The van der Waals surface area contributed by atoms with Crippen LogP contribution in [0.15, 0.2) is 33.9 Å². The minimum atomic E-state index is -0.417. The van der Waals surface area contributed by atoms with Gasteiger partial charge in [0.2, 0.25) is 11.8 Å². The van der Waals surface area contributed by atoms with Gasteiger partial charge in [0.05, 0.1) is 19.3 Å². The Morgan fingerprint density at radius 1 is 1.37 bits per heavy atom. The van der Waals surface area contributed by atoms with Gasteiger partial charge in [-0.05, 0) is 17.7 Å². The monoisotopic (exact) mass is 279 g/mol. The van der Waals surface area contributed by atoms with Gasteiger partial charge < -0.3 is 14.9 Å². The van der Waals surface area contributed by atoms with E-state index in [0.717, 1.165) is 23.1 Å². The zero-order valence-electron chi connectivity index (χ0n) is 10.3. The lowest BCUT2D eigenvalue weighted by Crippen LogP contribution is -2.12. The molecule has 0 aliphatic heterocycles. The molecule has 0 unspecified atom stereocenters. The molecule has 0 saturated heterocycles. The SMILES string of the molecule is COc1ccc(Cc2nnc(SCC(N)=O)o2)cc1. The highest BCUT2D eigenvalue weighted by Gasteiger charge is 2.08. The summed E-state index contributed by atoms with van der Waals surface area (Å²) in [5.41, 5.74) is 6.07. The van der Waals surface area contributed by atoms with Gasteiger partial charge in [0.15, 0.2) is 0 Å². The average Bonchev–Trinajstić information content (AvgIpc) is 2.85. The van der Waals surface area contributed by atoms with Gasteiger partial charge >= 0.3 is 0 Å². The third-order valence-electron chi connectivity index (χ3n) is 2.30. The fourth-order valence-electron chi connectivity index (χ4n) is 1.42. The normalized spacial score (nSPS) is 10.4. The molecule has 0 aliphatic carbocycles. The molecule has 0 atom stereocenters. The first-order chi connectivity index (χ1) is 9.17. The van der Waals surface area contributed by atoms with Gasteiger partial charge in [-0.3, -0.25) is 4.79 Å². The Morgan fingerprint density at radius 2 is 2.11 bits per heavy atom. The maximum Gasteiger partial charge on any atom is 0.277 e. The molecule has 2 rings (SSSR count). The summed E-state index contributed by atoms with van der Waals surface area (Å²) in [6, 6.07) is 7.60. The molecular formula is C12H13N3O3S. The van der Waals surface area contributed by atoms with Crippen molar-refractivity contribution in [3.63, 3.8) is 0 Å². The van der Waals surface area contributed by atoms with E-state index in [4.69, 9.17) is 14.9 Å². The van der Waals surface area contributed by atoms with Gasteiger partial charge in [0.1, 0.15) is 5.75 Å². The van der Waals surface area contributed by atoms with Crippen molar-refractivity contribution in [1.29, 1.82) is 0 Å². The van der Waals surface area contributed by atoms with E-state index in [1.165, 1.54) is 0 Å². The number of aromatic nitrogens is 2. The Labute approximate surface area is 114 Å². The van der Waals surface area contributed by atoms with Crippen molar-refractivity contribution in [2.45, 2.75) is 11.6 Å². The second-order valence-electron chi connectivity index (χ2n) is 3.74. The zero-order chi connectivity index (χ0) is 13.7. The number of nitrogens with zero attached hydrogens (tertiary/aromatic N) is 2. The quantitative estimate of drug-likeness (QED) is 0.800. The summed E-state index contributed by atoms with van der Waals surface area (Å²) in [5, 5.41) is 8.09. The van der Waals surface area contributed by atoms with Crippen molar-refractivity contribution >= 4 is 17.7 Å². The van der Waals surface area contributed by atoms with E-state index >= 15 is 0 Å². The summed E-state index contributed by atoms with van der Waals surface area (Å²) >= 11 is 1.13. The first kappa shape index (κ1) is 13.4. The first-order valence-corrected chi connectivity index (χ1v) is 6.52.